The van der Waals surface area contributed by atoms with Crippen molar-refractivity contribution in [3.05, 3.63) is 16.1 Å². The molecule has 13 heavy (non-hydrogen) atoms. The van der Waals surface area contributed by atoms with Crippen LogP contribution >= 0.6 is 11.3 Å². The van der Waals surface area contributed by atoms with Gasteiger partial charge in [-0.05, 0) is 20.3 Å². The molecule has 0 spiro atoms. The molecule has 0 aliphatic carbocycles. The standard InChI is InChI=1S/C10H18N2S/c1-4-5-8(2)11-7-10-12-6-9(3)13-10/h6,8,11H,4-5,7H2,1-3H3. The monoisotopic (exact) mass is 198 g/mol. The fourth-order valence-corrected chi connectivity index (χ4v) is 2.02. The fourth-order valence-electron chi connectivity index (χ4n) is 1.28. The Hall–Kier alpha value is -0.410. The van der Waals surface area contributed by atoms with Gasteiger partial charge in [-0.2, -0.15) is 0 Å². The van der Waals surface area contributed by atoms with Crippen molar-refractivity contribution in [2.45, 2.75) is 46.2 Å². The lowest BCUT2D eigenvalue weighted by Gasteiger charge is -2.10. The van der Waals surface area contributed by atoms with E-state index in [1.807, 2.05) is 6.20 Å². The van der Waals surface area contributed by atoms with E-state index >= 15 is 0 Å². The minimum atomic E-state index is 0.606. The van der Waals surface area contributed by atoms with E-state index in [2.05, 4.69) is 31.1 Å². The van der Waals surface area contributed by atoms with Crippen LogP contribution in [0.4, 0.5) is 0 Å². The maximum absolute atomic E-state index is 4.30. The van der Waals surface area contributed by atoms with Crippen LogP contribution in [-0.2, 0) is 6.54 Å². The molecule has 0 saturated carbocycles. The normalized spacial score (nSPS) is 13.2. The van der Waals surface area contributed by atoms with Gasteiger partial charge in [0.2, 0.25) is 0 Å². The number of hydrogen-bond acceptors (Lipinski definition) is 3. The van der Waals surface area contributed by atoms with Gasteiger partial charge in [0.15, 0.2) is 0 Å². The molecular weight excluding hydrogens is 180 g/mol. The Morgan fingerprint density at radius 3 is 2.92 bits per heavy atom. The van der Waals surface area contributed by atoms with Crippen molar-refractivity contribution in [2.24, 2.45) is 0 Å². The van der Waals surface area contributed by atoms with Crippen molar-refractivity contribution in [1.82, 2.24) is 10.3 Å². The molecule has 0 radical (unpaired) electrons. The van der Waals surface area contributed by atoms with Crippen molar-refractivity contribution >= 4 is 11.3 Å². The average Bonchev–Trinajstić information content (AvgIpc) is 2.49. The molecular formula is C10H18N2S. The van der Waals surface area contributed by atoms with E-state index < -0.39 is 0 Å². The molecule has 0 aliphatic rings. The van der Waals surface area contributed by atoms with Gasteiger partial charge in [0, 0.05) is 23.7 Å². The highest BCUT2D eigenvalue weighted by Crippen LogP contribution is 2.10. The van der Waals surface area contributed by atoms with Crippen LogP contribution in [0.15, 0.2) is 6.20 Å². The largest absolute Gasteiger partial charge is 0.308 e. The van der Waals surface area contributed by atoms with Crippen molar-refractivity contribution in [3.8, 4) is 0 Å². The zero-order valence-corrected chi connectivity index (χ0v) is 9.45. The van der Waals surface area contributed by atoms with Crippen LogP contribution < -0.4 is 5.32 Å². The zero-order chi connectivity index (χ0) is 9.68. The lowest BCUT2D eigenvalue weighted by Crippen LogP contribution is -2.24. The van der Waals surface area contributed by atoms with Gasteiger partial charge in [-0.3, -0.25) is 0 Å². The summed E-state index contributed by atoms with van der Waals surface area (Å²) in [7, 11) is 0. The van der Waals surface area contributed by atoms with E-state index in [9.17, 15) is 0 Å². The van der Waals surface area contributed by atoms with Gasteiger partial charge >= 0.3 is 0 Å². The number of thiazole rings is 1. The summed E-state index contributed by atoms with van der Waals surface area (Å²) in [6, 6.07) is 0.606. The van der Waals surface area contributed by atoms with Crippen LogP contribution in [0.3, 0.4) is 0 Å². The maximum Gasteiger partial charge on any atom is 0.107 e. The zero-order valence-electron chi connectivity index (χ0n) is 8.63. The fraction of sp³-hybridized carbons (Fsp3) is 0.700. The summed E-state index contributed by atoms with van der Waals surface area (Å²) in [6.07, 6.45) is 4.42. The van der Waals surface area contributed by atoms with Crippen LogP contribution in [0.25, 0.3) is 0 Å². The van der Waals surface area contributed by atoms with Crippen LogP contribution in [0.1, 0.15) is 36.6 Å². The molecule has 1 aromatic rings. The highest BCUT2D eigenvalue weighted by Gasteiger charge is 2.01. The van der Waals surface area contributed by atoms with Crippen molar-refractivity contribution in [3.63, 3.8) is 0 Å². The van der Waals surface area contributed by atoms with Crippen LogP contribution in [0, 0.1) is 6.92 Å². The summed E-state index contributed by atoms with van der Waals surface area (Å²) in [5.74, 6) is 0. The summed E-state index contributed by atoms with van der Waals surface area (Å²) in [5, 5.41) is 4.66. The van der Waals surface area contributed by atoms with Gasteiger partial charge in [-0.15, -0.1) is 11.3 Å². The minimum Gasteiger partial charge on any atom is -0.308 e. The molecule has 0 fully saturated rings. The average molecular weight is 198 g/mol. The van der Waals surface area contributed by atoms with Gasteiger partial charge < -0.3 is 5.32 Å². The second-order valence-electron chi connectivity index (χ2n) is 3.44. The minimum absolute atomic E-state index is 0.606. The van der Waals surface area contributed by atoms with E-state index in [1.165, 1.54) is 22.7 Å². The molecule has 1 N–H and O–H groups in total. The number of nitrogens with zero attached hydrogens (tertiary/aromatic N) is 1. The third-order valence-corrected chi connectivity index (χ3v) is 2.91. The first-order valence-corrected chi connectivity index (χ1v) is 5.68. The van der Waals surface area contributed by atoms with Gasteiger partial charge in [0.05, 0.1) is 0 Å². The lowest BCUT2D eigenvalue weighted by molar-refractivity contribution is 0.507. The van der Waals surface area contributed by atoms with Crippen molar-refractivity contribution < 1.29 is 0 Å². The molecule has 0 bridgehead atoms. The van der Waals surface area contributed by atoms with Gasteiger partial charge in [0.25, 0.3) is 0 Å². The van der Waals surface area contributed by atoms with Gasteiger partial charge in [0.1, 0.15) is 5.01 Å². The Morgan fingerprint density at radius 2 is 2.38 bits per heavy atom. The second-order valence-corrected chi connectivity index (χ2v) is 4.75. The van der Waals surface area contributed by atoms with Gasteiger partial charge in [-0.25, -0.2) is 4.98 Å². The Balaban J connectivity index is 2.26. The summed E-state index contributed by atoms with van der Waals surface area (Å²) in [6.45, 7) is 7.45. The Labute approximate surface area is 84.4 Å². The van der Waals surface area contributed by atoms with Crippen LogP contribution in [0.5, 0.6) is 0 Å². The van der Waals surface area contributed by atoms with E-state index in [1.54, 1.807) is 11.3 Å². The topological polar surface area (TPSA) is 24.9 Å². The summed E-state index contributed by atoms with van der Waals surface area (Å²) in [4.78, 5) is 5.60. The molecule has 0 aromatic carbocycles. The number of rotatable bonds is 5. The predicted octanol–water partition coefficient (Wildman–Crippen LogP) is 2.73. The maximum atomic E-state index is 4.30. The summed E-state index contributed by atoms with van der Waals surface area (Å²) in [5.41, 5.74) is 0. The first-order valence-electron chi connectivity index (χ1n) is 4.87. The van der Waals surface area contributed by atoms with Crippen LogP contribution in [-0.4, -0.2) is 11.0 Å². The van der Waals surface area contributed by atoms with E-state index in [4.69, 9.17) is 0 Å². The quantitative estimate of drug-likeness (QED) is 0.787. The van der Waals surface area contributed by atoms with Crippen LogP contribution in [0.2, 0.25) is 0 Å². The first-order chi connectivity index (χ1) is 6.22. The molecule has 0 amide bonds. The molecule has 1 aromatic heterocycles. The summed E-state index contributed by atoms with van der Waals surface area (Å²) >= 11 is 1.77. The number of hydrogen-bond donors (Lipinski definition) is 1. The Morgan fingerprint density at radius 1 is 1.62 bits per heavy atom. The highest BCUT2D eigenvalue weighted by atomic mass is 32.1. The molecule has 0 aliphatic heterocycles. The molecule has 1 unspecified atom stereocenters. The predicted molar refractivity (Wildman–Crippen MR) is 58.1 cm³/mol. The first kappa shape index (κ1) is 10.7. The molecule has 1 heterocycles. The SMILES string of the molecule is CCCC(C)NCc1ncc(C)s1. The third kappa shape index (κ3) is 3.87. The smallest absolute Gasteiger partial charge is 0.107 e. The van der Waals surface area contributed by atoms with Crippen molar-refractivity contribution in [2.75, 3.05) is 0 Å². The molecule has 1 rings (SSSR count). The van der Waals surface area contributed by atoms with E-state index in [-0.39, 0.29) is 0 Å². The van der Waals surface area contributed by atoms with E-state index in [0.29, 0.717) is 6.04 Å². The highest BCUT2D eigenvalue weighted by molar-refractivity contribution is 7.11. The molecule has 1 atom stereocenters. The molecule has 74 valence electrons. The Kier molecular flexibility index (Phi) is 4.39. The summed E-state index contributed by atoms with van der Waals surface area (Å²) < 4.78 is 0. The third-order valence-electron chi connectivity index (χ3n) is 1.99. The molecule has 2 nitrogen and oxygen atoms in total. The lowest BCUT2D eigenvalue weighted by atomic mass is 10.2. The van der Waals surface area contributed by atoms with Gasteiger partial charge in [-0.1, -0.05) is 13.3 Å². The molecule has 0 saturated heterocycles. The molecule has 3 heteroatoms. The van der Waals surface area contributed by atoms with E-state index in [0.717, 1.165) is 6.54 Å². The second kappa shape index (κ2) is 5.35. The Bertz CT molecular complexity index is 245. The number of nitrogens with one attached hydrogen (secondary N) is 1. The number of aromatic nitrogens is 1. The van der Waals surface area contributed by atoms with Crippen molar-refractivity contribution in [1.29, 1.82) is 0 Å². The number of aryl methyl sites for hydroxylation is 1.